The zero-order chi connectivity index (χ0) is 20.1. The second-order valence-electron chi connectivity index (χ2n) is 6.68. The fourth-order valence-electron chi connectivity index (χ4n) is 3.14. The first-order valence-corrected chi connectivity index (χ1v) is 9.32. The van der Waals surface area contributed by atoms with Crippen LogP contribution in [0.4, 0.5) is 13.6 Å². The third kappa shape index (κ3) is 4.32. The van der Waals surface area contributed by atoms with E-state index in [1.807, 2.05) is 6.92 Å². The van der Waals surface area contributed by atoms with E-state index in [0.717, 1.165) is 18.2 Å². The highest BCUT2D eigenvalue weighted by atomic mass is 19.1. The molecule has 0 aliphatic heterocycles. The largest absolute Gasteiger partial charge is 0.495 e. The number of H-pyrrole nitrogens is 1. The van der Waals surface area contributed by atoms with E-state index in [1.165, 1.54) is 13.2 Å². The molecule has 1 atom stereocenters. The summed E-state index contributed by atoms with van der Waals surface area (Å²) in [5.74, 6) is -0.700. The number of urea groups is 1. The average Bonchev–Trinajstić information content (AvgIpc) is 3.09. The van der Waals surface area contributed by atoms with Crippen molar-refractivity contribution < 1.29 is 18.3 Å². The maximum Gasteiger partial charge on any atom is 0.315 e. The number of aromatic nitrogens is 2. The maximum absolute atomic E-state index is 15.0. The maximum atomic E-state index is 15.0. The topological polar surface area (TPSA) is 79.0 Å². The third-order valence-electron chi connectivity index (χ3n) is 4.73. The van der Waals surface area contributed by atoms with Crippen molar-refractivity contribution in [2.75, 3.05) is 13.7 Å². The molecule has 2 amide bonds. The van der Waals surface area contributed by atoms with Crippen LogP contribution < -0.4 is 15.4 Å². The molecule has 6 nitrogen and oxygen atoms in total. The monoisotopic (exact) mass is 390 g/mol. The fourth-order valence-corrected chi connectivity index (χ4v) is 3.14. The standard InChI is InChI=1S/C20H24F2N4O2/c1-3-4-7-23-20(27)26-17-6-5-16(21)15(18(17)22)8-12-10-24-19-14(12)9-13(28-2)11-25-19/h5,9-11,17H,3-4,6-8H2,1-2H3,(H,24,25)(H2,23,26,27). The molecule has 1 aliphatic rings. The number of unbranched alkanes of at least 4 members (excludes halogenated alkanes) is 1. The number of halogens is 2. The first kappa shape index (κ1) is 19.9. The van der Waals surface area contributed by atoms with E-state index in [1.54, 1.807) is 18.5 Å². The van der Waals surface area contributed by atoms with Gasteiger partial charge in [0, 0.05) is 30.1 Å². The SMILES string of the molecule is CCCCNC(=O)NC1CC=C(F)C(Cc2c[nH]c3ncc(OC)cc23)=C1F. The van der Waals surface area contributed by atoms with Crippen LogP contribution in [0, 0.1) is 0 Å². The minimum Gasteiger partial charge on any atom is -0.495 e. The van der Waals surface area contributed by atoms with Gasteiger partial charge in [-0.1, -0.05) is 13.3 Å². The summed E-state index contributed by atoms with van der Waals surface area (Å²) in [6.45, 7) is 2.53. The highest BCUT2D eigenvalue weighted by Crippen LogP contribution is 2.32. The quantitative estimate of drug-likeness (QED) is 0.624. The summed E-state index contributed by atoms with van der Waals surface area (Å²) in [6, 6.07) is 0.437. The number of carbonyl (C=O) groups is 1. The van der Waals surface area contributed by atoms with Gasteiger partial charge in [-0.15, -0.1) is 0 Å². The van der Waals surface area contributed by atoms with E-state index in [0.29, 0.717) is 23.5 Å². The number of fused-ring (bicyclic) bond motifs is 1. The number of pyridine rings is 1. The molecule has 0 saturated carbocycles. The Balaban J connectivity index is 1.79. The summed E-state index contributed by atoms with van der Waals surface area (Å²) >= 11 is 0. The van der Waals surface area contributed by atoms with Crippen LogP contribution in [-0.4, -0.2) is 35.7 Å². The molecule has 3 N–H and O–H groups in total. The van der Waals surface area contributed by atoms with Crippen molar-refractivity contribution in [3.8, 4) is 5.75 Å². The van der Waals surface area contributed by atoms with Gasteiger partial charge in [0.2, 0.25) is 0 Å². The molecular formula is C20H24F2N4O2. The lowest BCUT2D eigenvalue weighted by molar-refractivity contribution is 0.236. The molecule has 0 fully saturated rings. The average molecular weight is 390 g/mol. The van der Waals surface area contributed by atoms with Crippen LogP contribution >= 0.6 is 0 Å². The molecule has 1 unspecified atom stereocenters. The number of hydrogen-bond acceptors (Lipinski definition) is 3. The predicted octanol–water partition coefficient (Wildman–Crippen LogP) is 4.06. The molecule has 0 bridgehead atoms. The van der Waals surface area contributed by atoms with Gasteiger partial charge in [0.05, 0.1) is 19.3 Å². The van der Waals surface area contributed by atoms with Gasteiger partial charge in [0.1, 0.15) is 23.1 Å². The number of carbonyl (C=O) groups excluding carboxylic acids is 1. The summed E-state index contributed by atoms with van der Waals surface area (Å²) < 4.78 is 34.5. The second kappa shape index (κ2) is 8.86. The lowest BCUT2D eigenvalue weighted by atomic mass is 9.95. The summed E-state index contributed by atoms with van der Waals surface area (Å²) in [6.07, 6.45) is 6.46. The summed E-state index contributed by atoms with van der Waals surface area (Å²) in [4.78, 5) is 19.2. The number of rotatable bonds is 7. The molecule has 2 heterocycles. The van der Waals surface area contributed by atoms with Crippen molar-refractivity contribution in [1.29, 1.82) is 0 Å². The number of nitrogens with one attached hydrogen (secondary N) is 3. The summed E-state index contributed by atoms with van der Waals surface area (Å²) in [5.41, 5.74) is 1.25. The Morgan fingerprint density at radius 2 is 2.25 bits per heavy atom. The highest BCUT2D eigenvalue weighted by molar-refractivity contribution is 5.81. The highest BCUT2D eigenvalue weighted by Gasteiger charge is 2.27. The second-order valence-corrected chi connectivity index (χ2v) is 6.68. The number of aromatic amines is 1. The van der Waals surface area contributed by atoms with Crippen molar-refractivity contribution in [3.05, 3.63) is 47.3 Å². The van der Waals surface area contributed by atoms with Crippen LogP contribution in [0.5, 0.6) is 5.75 Å². The first-order valence-electron chi connectivity index (χ1n) is 9.32. The van der Waals surface area contributed by atoms with Crippen LogP contribution in [0.15, 0.2) is 41.8 Å². The Hall–Kier alpha value is -2.90. The Morgan fingerprint density at radius 1 is 1.43 bits per heavy atom. The van der Waals surface area contributed by atoms with Gasteiger partial charge >= 0.3 is 6.03 Å². The Labute approximate surface area is 162 Å². The zero-order valence-electron chi connectivity index (χ0n) is 15.9. The van der Waals surface area contributed by atoms with Gasteiger partial charge in [-0.05, 0) is 30.5 Å². The normalized spacial score (nSPS) is 16.9. The molecule has 150 valence electrons. The van der Waals surface area contributed by atoms with E-state index in [2.05, 4.69) is 20.6 Å². The summed E-state index contributed by atoms with van der Waals surface area (Å²) in [5, 5.41) is 5.99. The van der Waals surface area contributed by atoms with Crippen molar-refractivity contribution in [2.24, 2.45) is 0 Å². The fraction of sp³-hybridized carbons (Fsp3) is 0.400. The summed E-state index contributed by atoms with van der Waals surface area (Å²) in [7, 11) is 1.53. The van der Waals surface area contributed by atoms with Crippen molar-refractivity contribution >= 4 is 17.1 Å². The van der Waals surface area contributed by atoms with E-state index < -0.39 is 23.7 Å². The predicted molar refractivity (Wildman–Crippen MR) is 104 cm³/mol. The first-order chi connectivity index (χ1) is 13.5. The van der Waals surface area contributed by atoms with Crippen molar-refractivity contribution in [2.45, 2.75) is 38.6 Å². The number of amides is 2. The lowest BCUT2D eigenvalue weighted by Gasteiger charge is -2.22. The van der Waals surface area contributed by atoms with Crippen LogP contribution in [0.3, 0.4) is 0 Å². The molecule has 3 rings (SSSR count). The van der Waals surface area contributed by atoms with Gasteiger partial charge in [-0.2, -0.15) is 0 Å². The van der Waals surface area contributed by atoms with Gasteiger partial charge in [0.25, 0.3) is 0 Å². The van der Waals surface area contributed by atoms with Crippen LogP contribution in [0.1, 0.15) is 31.7 Å². The van der Waals surface area contributed by atoms with Crippen LogP contribution in [-0.2, 0) is 6.42 Å². The Morgan fingerprint density at radius 3 is 3.00 bits per heavy atom. The number of allylic oxidation sites excluding steroid dienone is 2. The minimum absolute atomic E-state index is 0.0403. The molecule has 0 saturated heterocycles. The van der Waals surface area contributed by atoms with Gasteiger partial charge in [-0.25, -0.2) is 18.6 Å². The van der Waals surface area contributed by atoms with Crippen LogP contribution in [0.2, 0.25) is 0 Å². The Bertz CT molecular complexity index is 920. The smallest absolute Gasteiger partial charge is 0.315 e. The van der Waals surface area contributed by atoms with Crippen LogP contribution in [0.25, 0.3) is 11.0 Å². The number of methoxy groups -OCH3 is 1. The van der Waals surface area contributed by atoms with E-state index in [9.17, 15) is 13.6 Å². The van der Waals surface area contributed by atoms with E-state index >= 15 is 0 Å². The molecule has 8 heteroatoms. The minimum atomic E-state index is -0.881. The lowest BCUT2D eigenvalue weighted by Crippen LogP contribution is -2.43. The van der Waals surface area contributed by atoms with Crippen molar-refractivity contribution in [1.82, 2.24) is 20.6 Å². The molecule has 0 radical (unpaired) electrons. The third-order valence-corrected chi connectivity index (χ3v) is 4.73. The zero-order valence-corrected chi connectivity index (χ0v) is 15.9. The van der Waals surface area contributed by atoms with E-state index in [4.69, 9.17) is 4.74 Å². The Kier molecular flexibility index (Phi) is 6.28. The number of ether oxygens (including phenoxy) is 1. The number of hydrogen-bond donors (Lipinski definition) is 3. The van der Waals surface area contributed by atoms with Crippen molar-refractivity contribution in [3.63, 3.8) is 0 Å². The van der Waals surface area contributed by atoms with E-state index in [-0.39, 0.29) is 18.4 Å². The molecule has 1 aliphatic carbocycles. The molecule has 2 aromatic heterocycles. The molecular weight excluding hydrogens is 366 g/mol. The molecule has 0 aromatic carbocycles. The van der Waals surface area contributed by atoms with Gasteiger partial charge in [-0.3, -0.25) is 0 Å². The molecule has 28 heavy (non-hydrogen) atoms. The number of nitrogens with zero attached hydrogens (tertiary/aromatic N) is 1. The van der Waals surface area contributed by atoms with Gasteiger partial charge in [0.15, 0.2) is 0 Å². The van der Waals surface area contributed by atoms with Gasteiger partial charge < -0.3 is 20.4 Å². The molecule has 0 spiro atoms. The molecule has 2 aromatic rings.